The lowest BCUT2D eigenvalue weighted by Crippen LogP contribution is -2.30. The molecule has 1 unspecified atom stereocenters. The van der Waals surface area contributed by atoms with E-state index < -0.39 is 0 Å². The van der Waals surface area contributed by atoms with Crippen LogP contribution in [0.3, 0.4) is 0 Å². The molecule has 5 nitrogen and oxygen atoms in total. The monoisotopic (exact) mass is 307 g/mol. The standard InChI is InChI=1S/C15H25N5S/c1-18(2)13(14-7-6-8-21-14)11-16-9-12-10-17-15(19(3)4)20(12)5/h6-8,10,13,16H,9,11H2,1-5H3. The third-order valence-corrected chi connectivity index (χ3v) is 4.57. The van der Waals surface area contributed by atoms with E-state index in [-0.39, 0.29) is 0 Å². The van der Waals surface area contributed by atoms with Crippen molar-refractivity contribution in [2.45, 2.75) is 12.6 Å². The highest BCUT2D eigenvalue weighted by Crippen LogP contribution is 2.22. The Hall–Kier alpha value is -1.37. The van der Waals surface area contributed by atoms with E-state index in [1.165, 1.54) is 10.6 Å². The zero-order valence-electron chi connectivity index (χ0n) is 13.5. The summed E-state index contributed by atoms with van der Waals surface area (Å²) in [4.78, 5) is 10.1. The Labute approximate surface area is 131 Å². The van der Waals surface area contributed by atoms with Crippen molar-refractivity contribution in [1.82, 2.24) is 19.8 Å². The largest absolute Gasteiger partial charge is 0.348 e. The van der Waals surface area contributed by atoms with Crippen molar-refractivity contribution in [3.05, 3.63) is 34.3 Å². The van der Waals surface area contributed by atoms with Crippen molar-refractivity contribution in [3.63, 3.8) is 0 Å². The molecule has 0 aliphatic carbocycles. The lowest BCUT2D eigenvalue weighted by Gasteiger charge is -2.23. The summed E-state index contributed by atoms with van der Waals surface area (Å²) in [6.45, 7) is 1.75. The van der Waals surface area contributed by atoms with Crippen molar-refractivity contribution >= 4 is 17.3 Å². The van der Waals surface area contributed by atoms with Gasteiger partial charge in [0, 0.05) is 39.1 Å². The fourth-order valence-electron chi connectivity index (χ4n) is 2.37. The topological polar surface area (TPSA) is 36.3 Å². The minimum absolute atomic E-state index is 0.409. The number of hydrogen-bond donors (Lipinski definition) is 1. The van der Waals surface area contributed by atoms with E-state index in [0.29, 0.717) is 6.04 Å². The molecule has 21 heavy (non-hydrogen) atoms. The fourth-order valence-corrected chi connectivity index (χ4v) is 3.29. The predicted octanol–water partition coefficient (Wildman–Crippen LogP) is 1.94. The number of hydrogen-bond acceptors (Lipinski definition) is 5. The van der Waals surface area contributed by atoms with Crippen LogP contribution in [0.15, 0.2) is 23.7 Å². The van der Waals surface area contributed by atoms with Crippen LogP contribution in [0.1, 0.15) is 16.6 Å². The lowest BCUT2D eigenvalue weighted by molar-refractivity contribution is 0.292. The molecule has 2 aromatic rings. The molecule has 1 atom stereocenters. The number of imidazole rings is 1. The zero-order valence-corrected chi connectivity index (χ0v) is 14.3. The number of anilines is 1. The first-order valence-corrected chi connectivity index (χ1v) is 7.97. The molecule has 0 spiro atoms. The second-order valence-corrected chi connectivity index (χ2v) is 6.61. The van der Waals surface area contributed by atoms with Gasteiger partial charge >= 0.3 is 0 Å². The van der Waals surface area contributed by atoms with E-state index >= 15 is 0 Å². The Morgan fingerprint density at radius 2 is 2.10 bits per heavy atom. The molecule has 0 aliphatic rings. The molecule has 2 aromatic heterocycles. The Bertz CT molecular complexity index is 544. The summed E-state index contributed by atoms with van der Waals surface area (Å²) in [5.41, 5.74) is 1.20. The van der Waals surface area contributed by atoms with Crippen LogP contribution in [-0.4, -0.2) is 49.2 Å². The van der Waals surface area contributed by atoms with Crippen LogP contribution < -0.4 is 10.2 Å². The molecule has 0 bridgehead atoms. The summed E-state index contributed by atoms with van der Waals surface area (Å²) < 4.78 is 2.13. The second kappa shape index (κ2) is 7.06. The smallest absolute Gasteiger partial charge is 0.204 e. The number of nitrogens with one attached hydrogen (secondary N) is 1. The molecule has 2 rings (SSSR count). The van der Waals surface area contributed by atoms with Gasteiger partial charge in [0.05, 0.1) is 17.9 Å². The molecular weight excluding hydrogens is 282 g/mol. The first-order chi connectivity index (χ1) is 10.0. The lowest BCUT2D eigenvalue weighted by atomic mass is 10.2. The number of nitrogens with zero attached hydrogens (tertiary/aromatic N) is 4. The van der Waals surface area contributed by atoms with Crippen molar-refractivity contribution in [2.75, 3.05) is 39.6 Å². The molecule has 116 valence electrons. The van der Waals surface area contributed by atoms with Crippen LogP contribution in [0.25, 0.3) is 0 Å². The van der Waals surface area contributed by atoms with Crippen LogP contribution in [0.4, 0.5) is 5.95 Å². The minimum Gasteiger partial charge on any atom is -0.348 e. The predicted molar refractivity (Wildman–Crippen MR) is 90.0 cm³/mol. The van der Waals surface area contributed by atoms with Gasteiger partial charge in [-0.1, -0.05) is 6.07 Å². The van der Waals surface area contributed by atoms with Gasteiger partial charge < -0.3 is 19.7 Å². The Kier molecular flexibility index (Phi) is 5.39. The number of thiophene rings is 1. The summed E-state index contributed by atoms with van der Waals surface area (Å²) >= 11 is 1.81. The van der Waals surface area contributed by atoms with Gasteiger partial charge in [-0.3, -0.25) is 0 Å². The van der Waals surface area contributed by atoms with Crippen LogP contribution in [0, 0.1) is 0 Å². The SMILES string of the molecule is CN(C)c1ncc(CNCC(c2cccs2)N(C)C)n1C. The molecule has 2 heterocycles. The molecule has 0 radical (unpaired) electrons. The third kappa shape index (κ3) is 3.84. The minimum atomic E-state index is 0.409. The van der Waals surface area contributed by atoms with Gasteiger partial charge in [-0.25, -0.2) is 4.98 Å². The van der Waals surface area contributed by atoms with E-state index in [9.17, 15) is 0 Å². The average Bonchev–Trinajstić information content (AvgIpc) is 3.04. The molecule has 0 saturated carbocycles. The highest BCUT2D eigenvalue weighted by molar-refractivity contribution is 7.10. The third-order valence-electron chi connectivity index (χ3n) is 3.60. The van der Waals surface area contributed by atoms with Crippen LogP contribution in [0.5, 0.6) is 0 Å². The molecule has 0 fully saturated rings. The van der Waals surface area contributed by atoms with Gasteiger partial charge in [0.25, 0.3) is 0 Å². The first kappa shape index (κ1) is 16.0. The molecule has 0 aliphatic heterocycles. The van der Waals surface area contributed by atoms with E-state index in [1.807, 2.05) is 36.5 Å². The maximum atomic E-state index is 4.44. The quantitative estimate of drug-likeness (QED) is 0.848. The number of likely N-dealkylation sites (N-methyl/N-ethyl adjacent to an activating group) is 1. The summed E-state index contributed by atoms with van der Waals surface area (Å²) in [6.07, 6.45) is 1.94. The zero-order chi connectivity index (χ0) is 15.4. The van der Waals surface area contributed by atoms with E-state index in [1.54, 1.807) is 0 Å². The van der Waals surface area contributed by atoms with Crippen molar-refractivity contribution in [1.29, 1.82) is 0 Å². The number of aromatic nitrogens is 2. The van der Waals surface area contributed by atoms with E-state index in [2.05, 4.69) is 58.4 Å². The molecule has 1 N–H and O–H groups in total. The van der Waals surface area contributed by atoms with Crippen molar-refractivity contribution < 1.29 is 0 Å². The molecule has 6 heteroatoms. The van der Waals surface area contributed by atoms with Gasteiger partial charge in [-0.2, -0.15) is 0 Å². The van der Waals surface area contributed by atoms with Crippen molar-refractivity contribution in [3.8, 4) is 0 Å². The van der Waals surface area contributed by atoms with Gasteiger partial charge in [0.1, 0.15) is 0 Å². The number of rotatable bonds is 7. The maximum Gasteiger partial charge on any atom is 0.204 e. The highest BCUT2D eigenvalue weighted by Gasteiger charge is 2.15. The molecule has 0 amide bonds. The van der Waals surface area contributed by atoms with Gasteiger partial charge in [-0.15, -0.1) is 11.3 Å². The summed E-state index contributed by atoms with van der Waals surface area (Å²) in [5, 5.41) is 5.69. The van der Waals surface area contributed by atoms with Crippen LogP contribution >= 0.6 is 11.3 Å². The fraction of sp³-hybridized carbons (Fsp3) is 0.533. The highest BCUT2D eigenvalue weighted by atomic mass is 32.1. The van der Waals surface area contributed by atoms with Gasteiger partial charge in [0.15, 0.2) is 0 Å². The van der Waals surface area contributed by atoms with E-state index in [4.69, 9.17) is 0 Å². The Morgan fingerprint density at radius 1 is 1.33 bits per heavy atom. The Balaban J connectivity index is 1.94. The average molecular weight is 307 g/mol. The molecule has 0 saturated heterocycles. The summed E-state index contributed by atoms with van der Waals surface area (Å²) in [5.74, 6) is 0.981. The summed E-state index contributed by atoms with van der Waals surface area (Å²) in [6, 6.07) is 4.72. The van der Waals surface area contributed by atoms with Crippen molar-refractivity contribution in [2.24, 2.45) is 7.05 Å². The molecule has 0 aromatic carbocycles. The summed E-state index contributed by atoms with van der Waals surface area (Å²) in [7, 11) is 10.3. The van der Waals surface area contributed by atoms with Gasteiger partial charge in [0.2, 0.25) is 5.95 Å². The Morgan fingerprint density at radius 3 is 2.62 bits per heavy atom. The first-order valence-electron chi connectivity index (χ1n) is 7.09. The maximum absolute atomic E-state index is 4.44. The second-order valence-electron chi connectivity index (χ2n) is 5.63. The normalized spacial score (nSPS) is 12.9. The van der Waals surface area contributed by atoms with Crippen LogP contribution in [0.2, 0.25) is 0 Å². The van der Waals surface area contributed by atoms with Crippen LogP contribution in [-0.2, 0) is 13.6 Å². The van der Waals surface area contributed by atoms with E-state index in [0.717, 1.165) is 19.0 Å². The molecular formula is C15H25N5S. The van der Waals surface area contributed by atoms with Gasteiger partial charge in [-0.05, 0) is 25.5 Å².